The van der Waals surface area contributed by atoms with Crippen molar-refractivity contribution in [1.29, 1.82) is 0 Å². The number of aryl methyl sites for hydroxylation is 1. The lowest BCUT2D eigenvalue weighted by Crippen LogP contribution is -2.14. The van der Waals surface area contributed by atoms with Gasteiger partial charge in [-0.1, -0.05) is 5.16 Å². The molecule has 3 rings (SSSR count). The number of carbonyl (C=O) groups is 2. The van der Waals surface area contributed by atoms with E-state index in [0.29, 0.717) is 11.6 Å². The average Bonchev–Trinajstić information content (AvgIpc) is 3.20. The van der Waals surface area contributed by atoms with Gasteiger partial charge in [-0.2, -0.15) is 5.10 Å². The van der Waals surface area contributed by atoms with Crippen LogP contribution in [-0.2, 0) is 16.0 Å². The van der Waals surface area contributed by atoms with E-state index in [1.165, 1.54) is 0 Å². The summed E-state index contributed by atoms with van der Waals surface area (Å²) in [6, 6.07) is 3.54. The Morgan fingerprint density at radius 3 is 2.96 bits per heavy atom. The fourth-order valence-electron chi connectivity index (χ4n) is 3.24. The van der Waals surface area contributed by atoms with E-state index in [9.17, 15) is 9.59 Å². The number of aromatic amines is 1. The highest BCUT2D eigenvalue weighted by Crippen LogP contribution is 2.39. The highest BCUT2D eigenvalue weighted by Gasteiger charge is 2.28. The molecule has 2 atom stereocenters. The SMILES string of the molecule is Cc1cc(CC(=O)Nc2cc(C3CCC(CC(=O)O)C3)[nH]n2)on1. The van der Waals surface area contributed by atoms with E-state index in [0.717, 1.165) is 30.7 Å². The number of hydrogen-bond acceptors (Lipinski definition) is 5. The predicted octanol–water partition coefficient (Wildman–Crippen LogP) is 2.25. The molecule has 8 heteroatoms. The Labute approximate surface area is 138 Å². The normalized spacial score (nSPS) is 20.2. The Balaban J connectivity index is 1.54. The van der Waals surface area contributed by atoms with Crippen molar-refractivity contribution in [3.05, 3.63) is 29.3 Å². The maximum atomic E-state index is 12.0. The largest absolute Gasteiger partial charge is 0.481 e. The van der Waals surface area contributed by atoms with Crippen molar-refractivity contribution < 1.29 is 19.2 Å². The number of carboxylic acid groups (broad SMARTS) is 1. The van der Waals surface area contributed by atoms with Crippen molar-refractivity contribution in [3.63, 3.8) is 0 Å². The summed E-state index contributed by atoms with van der Waals surface area (Å²) in [6.07, 6.45) is 2.99. The number of nitrogens with zero attached hydrogens (tertiary/aromatic N) is 2. The number of carboxylic acids is 1. The second kappa shape index (κ2) is 6.86. The van der Waals surface area contributed by atoms with Crippen LogP contribution in [0.3, 0.4) is 0 Å². The number of rotatable bonds is 6. The van der Waals surface area contributed by atoms with Gasteiger partial charge in [-0.25, -0.2) is 0 Å². The fourth-order valence-corrected chi connectivity index (χ4v) is 3.24. The summed E-state index contributed by atoms with van der Waals surface area (Å²) >= 11 is 0. The number of aromatic nitrogens is 3. The zero-order chi connectivity index (χ0) is 17.1. The first-order chi connectivity index (χ1) is 11.5. The summed E-state index contributed by atoms with van der Waals surface area (Å²) in [6.45, 7) is 1.80. The standard InChI is InChI=1S/C16H20N4O4/c1-9-4-12(24-20-9)7-15(21)17-14-8-13(18-19-14)11-3-2-10(5-11)6-16(22)23/h4,8,10-11H,2-3,5-7H2,1H3,(H,22,23)(H2,17,18,19,21). The van der Waals surface area contributed by atoms with Gasteiger partial charge in [-0.05, 0) is 32.1 Å². The van der Waals surface area contributed by atoms with Crippen molar-refractivity contribution in [1.82, 2.24) is 15.4 Å². The first-order valence-corrected chi connectivity index (χ1v) is 7.98. The molecule has 0 spiro atoms. The van der Waals surface area contributed by atoms with Crippen LogP contribution in [0.2, 0.25) is 0 Å². The molecule has 3 N–H and O–H groups in total. The molecule has 2 unspecified atom stereocenters. The van der Waals surface area contributed by atoms with E-state index in [1.807, 2.05) is 6.07 Å². The molecule has 0 aliphatic heterocycles. The minimum Gasteiger partial charge on any atom is -0.481 e. The maximum Gasteiger partial charge on any atom is 0.303 e. The predicted molar refractivity (Wildman–Crippen MR) is 84.5 cm³/mol. The molecule has 24 heavy (non-hydrogen) atoms. The number of anilines is 1. The molecule has 1 saturated carbocycles. The number of aliphatic carboxylic acids is 1. The van der Waals surface area contributed by atoms with Gasteiger partial charge in [-0.15, -0.1) is 0 Å². The van der Waals surface area contributed by atoms with Crippen molar-refractivity contribution in [2.45, 2.75) is 44.9 Å². The molecule has 0 aromatic carbocycles. The van der Waals surface area contributed by atoms with Gasteiger partial charge in [0.05, 0.1) is 12.1 Å². The Hall–Kier alpha value is -2.64. The minimum absolute atomic E-state index is 0.104. The molecule has 8 nitrogen and oxygen atoms in total. The number of hydrogen-bond donors (Lipinski definition) is 3. The van der Waals surface area contributed by atoms with Crippen LogP contribution in [0.15, 0.2) is 16.7 Å². The van der Waals surface area contributed by atoms with Gasteiger partial charge in [-0.3, -0.25) is 14.7 Å². The van der Waals surface area contributed by atoms with Gasteiger partial charge < -0.3 is 14.9 Å². The monoisotopic (exact) mass is 332 g/mol. The lowest BCUT2D eigenvalue weighted by Gasteiger charge is -2.07. The topological polar surface area (TPSA) is 121 Å². The molecule has 2 aromatic heterocycles. The van der Waals surface area contributed by atoms with E-state index in [1.54, 1.807) is 13.0 Å². The van der Waals surface area contributed by atoms with E-state index in [2.05, 4.69) is 20.7 Å². The van der Waals surface area contributed by atoms with Crippen LogP contribution in [0.25, 0.3) is 0 Å². The zero-order valence-corrected chi connectivity index (χ0v) is 13.4. The number of H-pyrrole nitrogens is 1. The third-order valence-electron chi connectivity index (χ3n) is 4.32. The molecule has 0 saturated heterocycles. The van der Waals surface area contributed by atoms with Crippen LogP contribution in [-0.4, -0.2) is 32.3 Å². The van der Waals surface area contributed by atoms with E-state index < -0.39 is 5.97 Å². The Kier molecular flexibility index (Phi) is 4.64. The molecular formula is C16H20N4O4. The molecule has 0 radical (unpaired) electrons. The second-order valence-electron chi connectivity index (χ2n) is 6.34. The Morgan fingerprint density at radius 2 is 2.25 bits per heavy atom. The summed E-state index contributed by atoms with van der Waals surface area (Å²) in [7, 11) is 0. The second-order valence-corrected chi connectivity index (χ2v) is 6.34. The van der Waals surface area contributed by atoms with Crippen molar-refractivity contribution in [2.24, 2.45) is 5.92 Å². The number of amides is 1. The number of carbonyl (C=O) groups excluding carboxylic acids is 1. The van der Waals surface area contributed by atoms with Gasteiger partial charge in [0.15, 0.2) is 5.82 Å². The van der Waals surface area contributed by atoms with E-state index in [-0.39, 0.29) is 30.6 Å². The molecule has 2 heterocycles. The van der Waals surface area contributed by atoms with Gasteiger partial charge >= 0.3 is 5.97 Å². The molecule has 1 aliphatic carbocycles. The quantitative estimate of drug-likeness (QED) is 0.746. The van der Waals surface area contributed by atoms with Gasteiger partial charge in [0.1, 0.15) is 5.76 Å². The van der Waals surface area contributed by atoms with Gasteiger partial charge in [0.2, 0.25) is 5.91 Å². The van der Waals surface area contributed by atoms with E-state index >= 15 is 0 Å². The fraction of sp³-hybridized carbons (Fsp3) is 0.500. The smallest absolute Gasteiger partial charge is 0.303 e. The molecular weight excluding hydrogens is 312 g/mol. The average molecular weight is 332 g/mol. The molecule has 0 bridgehead atoms. The van der Waals surface area contributed by atoms with Gasteiger partial charge in [0.25, 0.3) is 0 Å². The summed E-state index contributed by atoms with van der Waals surface area (Å²) < 4.78 is 5.02. The minimum atomic E-state index is -0.749. The highest BCUT2D eigenvalue weighted by atomic mass is 16.5. The third-order valence-corrected chi connectivity index (χ3v) is 4.32. The van der Waals surface area contributed by atoms with Gasteiger partial charge in [0, 0.05) is 30.2 Å². The zero-order valence-electron chi connectivity index (χ0n) is 13.4. The number of nitrogens with one attached hydrogen (secondary N) is 2. The van der Waals surface area contributed by atoms with Crippen LogP contribution >= 0.6 is 0 Å². The summed E-state index contributed by atoms with van der Waals surface area (Å²) in [5.74, 6) is 0.481. The van der Waals surface area contributed by atoms with Crippen molar-refractivity contribution in [2.75, 3.05) is 5.32 Å². The van der Waals surface area contributed by atoms with E-state index in [4.69, 9.17) is 9.63 Å². The first kappa shape index (κ1) is 16.2. The molecule has 1 aliphatic rings. The Morgan fingerprint density at radius 1 is 1.42 bits per heavy atom. The summed E-state index contributed by atoms with van der Waals surface area (Å²) in [4.78, 5) is 22.8. The lowest BCUT2D eigenvalue weighted by atomic mass is 10.00. The third kappa shape index (κ3) is 4.01. The van der Waals surface area contributed by atoms with Crippen molar-refractivity contribution in [3.8, 4) is 0 Å². The van der Waals surface area contributed by atoms with Crippen molar-refractivity contribution >= 4 is 17.7 Å². The van der Waals surface area contributed by atoms with Crippen LogP contribution in [0.4, 0.5) is 5.82 Å². The van der Waals surface area contributed by atoms with Crippen LogP contribution in [0.1, 0.15) is 48.7 Å². The van der Waals surface area contributed by atoms with Crippen LogP contribution < -0.4 is 5.32 Å². The summed E-state index contributed by atoms with van der Waals surface area (Å²) in [5, 5.41) is 22.4. The lowest BCUT2D eigenvalue weighted by molar-refractivity contribution is -0.138. The highest BCUT2D eigenvalue weighted by molar-refractivity contribution is 5.91. The first-order valence-electron chi connectivity index (χ1n) is 7.98. The maximum absolute atomic E-state index is 12.0. The molecule has 1 fully saturated rings. The molecule has 128 valence electrons. The molecule has 1 amide bonds. The van der Waals surface area contributed by atoms with Crippen LogP contribution in [0.5, 0.6) is 0 Å². The summed E-state index contributed by atoms with van der Waals surface area (Å²) in [5.41, 5.74) is 1.67. The van der Waals surface area contributed by atoms with Crippen LogP contribution in [0, 0.1) is 12.8 Å². The molecule has 2 aromatic rings. The Bertz CT molecular complexity index is 736.